The van der Waals surface area contributed by atoms with Gasteiger partial charge >= 0.3 is 5.97 Å². The third kappa shape index (κ3) is 3.66. The summed E-state index contributed by atoms with van der Waals surface area (Å²) < 4.78 is 5.52. The molecule has 126 valence electrons. The number of hydrogen-bond donors (Lipinski definition) is 2. The van der Waals surface area contributed by atoms with E-state index in [1.807, 2.05) is 6.07 Å². The molecule has 3 rings (SSSR count). The number of ether oxygens (including phenoxy) is 1. The second-order valence-electron chi connectivity index (χ2n) is 5.80. The molecule has 0 radical (unpaired) electrons. The Hall–Kier alpha value is -2.18. The summed E-state index contributed by atoms with van der Waals surface area (Å²) in [6.45, 7) is 0.301. The maximum absolute atomic E-state index is 12.5. The van der Waals surface area contributed by atoms with Crippen molar-refractivity contribution in [1.29, 1.82) is 0 Å². The van der Waals surface area contributed by atoms with Crippen LogP contribution in [0.25, 0.3) is 10.9 Å². The Balaban J connectivity index is 1.68. The Labute approximate surface area is 143 Å². The molecule has 1 aliphatic rings. The summed E-state index contributed by atoms with van der Waals surface area (Å²) in [5.74, 6) is -1.30. The maximum atomic E-state index is 12.5. The second-order valence-corrected chi connectivity index (χ2v) is 6.21. The van der Waals surface area contributed by atoms with Gasteiger partial charge in [-0.25, -0.2) is 0 Å². The van der Waals surface area contributed by atoms with Crippen LogP contribution in [0.4, 0.5) is 5.69 Å². The van der Waals surface area contributed by atoms with Crippen LogP contribution in [0.5, 0.6) is 0 Å². The van der Waals surface area contributed by atoms with Crippen molar-refractivity contribution < 1.29 is 19.4 Å². The van der Waals surface area contributed by atoms with Crippen LogP contribution in [0.2, 0.25) is 5.02 Å². The van der Waals surface area contributed by atoms with Crippen LogP contribution in [0.1, 0.15) is 19.3 Å². The SMILES string of the molecule is O=C(O)CCC1CC(C(=O)Nc2ccc(Cl)c3cccnc23)CO1. The number of carbonyl (C=O) groups is 2. The van der Waals surface area contributed by atoms with E-state index in [9.17, 15) is 9.59 Å². The van der Waals surface area contributed by atoms with E-state index in [0.29, 0.717) is 35.7 Å². The number of fused-ring (bicyclic) bond motifs is 1. The normalized spacial score (nSPS) is 20.2. The minimum Gasteiger partial charge on any atom is -0.481 e. The second kappa shape index (κ2) is 7.15. The number of hydrogen-bond acceptors (Lipinski definition) is 4. The van der Waals surface area contributed by atoms with E-state index in [2.05, 4.69) is 10.3 Å². The van der Waals surface area contributed by atoms with Crippen molar-refractivity contribution in [1.82, 2.24) is 4.98 Å². The summed E-state index contributed by atoms with van der Waals surface area (Å²) >= 11 is 6.15. The summed E-state index contributed by atoms with van der Waals surface area (Å²) in [4.78, 5) is 27.4. The standard InChI is InChI=1S/C17H17ClN2O4/c18-13-4-5-14(16-12(13)2-1-7-19-16)20-17(23)10-8-11(24-9-10)3-6-15(21)22/h1-2,4-5,7,10-11H,3,6,8-9H2,(H,20,23)(H,21,22). The highest BCUT2D eigenvalue weighted by Gasteiger charge is 2.31. The van der Waals surface area contributed by atoms with Crippen molar-refractivity contribution in [3.63, 3.8) is 0 Å². The molecular formula is C17H17ClN2O4. The van der Waals surface area contributed by atoms with Crippen molar-refractivity contribution in [3.8, 4) is 0 Å². The molecule has 2 atom stereocenters. The molecule has 1 amide bonds. The van der Waals surface area contributed by atoms with Gasteiger partial charge in [0.2, 0.25) is 5.91 Å². The molecule has 1 aliphatic heterocycles. The average molecular weight is 349 g/mol. The van der Waals surface area contributed by atoms with Crippen LogP contribution in [-0.4, -0.2) is 34.7 Å². The molecule has 1 aromatic heterocycles. The van der Waals surface area contributed by atoms with Gasteiger partial charge < -0.3 is 15.2 Å². The summed E-state index contributed by atoms with van der Waals surface area (Å²) in [6.07, 6.45) is 2.46. The number of anilines is 1. The van der Waals surface area contributed by atoms with Crippen LogP contribution >= 0.6 is 11.6 Å². The van der Waals surface area contributed by atoms with Crippen molar-refractivity contribution in [2.45, 2.75) is 25.4 Å². The number of benzene rings is 1. The Morgan fingerprint density at radius 1 is 1.38 bits per heavy atom. The molecule has 2 unspecified atom stereocenters. The van der Waals surface area contributed by atoms with E-state index in [0.717, 1.165) is 5.39 Å². The molecule has 0 bridgehead atoms. The predicted molar refractivity (Wildman–Crippen MR) is 90.1 cm³/mol. The molecule has 1 saturated heterocycles. The number of carbonyl (C=O) groups excluding carboxylic acids is 1. The van der Waals surface area contributed by atoms with Gasteiger partial charge in [0.25, 0.3) is 0 Å². The Bertz CT molecular complexity index is 780. The van der Waals surface area contributed by atoms with Gasteiger partial charge in [0.05, 0.1) is 34.9 Å². The van der Waals surface area contributed by atoms with E-state index < -0.39 is 5.97 Å². The summed E-state index contributed by atoms with van der Waals surface area (Å²) in [5, 5.41) is 13.0. The number of pyridine rings is 1. The quantitative estimate of drug-likeness (QED) is 0.866. The van der Waals surface area contributed by atoms with Crippen LogP contribution < -0.4 is 5.32 Å². The van der Waals surface area contributed by atoms with Crippen molar-refractivity contribution >= 4 is 40.1 Å². The van der Waals surface area contributed by atoms with Gasteiger partial charge in [-0.3, -0.25) is 14.6 Å². The molecule has 2 N–H and O–H groups in total. The highest BCUT2D eigenvalue weighted by molar-refractivity contribution is 6.35. The molecule has 6 nitrogen and oxygen atoms in total. The summed E-state index contributed by atoms with van der Waals surface area (Å²) in [6, 6.07) is 7.09. The monoisotopic (exact) mass is 348 g/mol. The summed E-state index contributed by atoms with van der Waals surface area (Å²) in [7, 11) is 0. The topological polar surface area (TPSA) is 88.5 Å². The fraction of sp³-hybridized carbons (Fsp3) is 0.353. The number of aromatic nitrogens is 1. The Morgan fingerprint density at radius 2 is 2.21 bits per heavy atom. The van der Waals surface area contributed by atoms with Gasteiger partial charge in [-0.05, 0) is 37.1 Å². The van der Waals surface area contributed by atoms with Gasteiger partial charge in [0.1, 0.15) is 0 Å². The number of nitrogens with one attached hydrogen (secondary N) is 1. The number of amides is 1. The number of nitrogens with zero attached hydrogens (tertiary/aromatic N) is 1. The lowest BCUT2D eigenvalue weighted by molar-refractivity contribution is -0.137. The van der Waals surface area contributed by atoms with E-state index in [4.69, 9.17) is 21.4 Å². The van der Waals surface area contributed by atoms with Gasteiger partial charge in [-0.2, -0.15) is 0 Å². The average Bonchev–Trinajstić information content (AvgIpc) is 3.05. The van der Waals surface area contributed by atoms with Crippen LogP contribution in [-0.2, 0) is 14.3 Å². The number of carboxylic acids is 1. The first-order valence-electron chi connectivity index (χ1n) is 7.72. The molecule has 24 heavy (non-hydrogen) atoms. The molecule has 2 heterocycles. The van der Waals surface area contributed by atoms with E-state index in [1.165, 1.54) is 0 Å². The van der Waals surface area contributed by atoms with Gasteiger partial charge in [-0.15, -0.1) is 0 Å². The zero-order valence-corrected chi connectivity index (χ0v) is 13.6. The van der Waals surface area contributed by atoms with Crippen LogP contribution in [0, 0.1) is 5.92 Å². The van der Waals surface area contributed by atoms with Crippen LogP contribution in [0.3, 0.4) is 0 Å². The van der Waals surface area contributed by atoms with Crippen molar-refractivity contribution in [2.24, 2.45) is 5.92 Å². The third-order valence-corrected chi connectivity index (χ3v) is 4.44. The molecular weight excluding hydrogens is 332 g/mol. The van der Waals surface area contributed by atoms with Crippen LogP contribution in [0.15, 0.2) is 30.5 Å². The van der Waals surface area contributed by atoms with E-state index in [-0.39, 0.29) is 24.3 Å². The fourth-order valence-corrected chi connectivity index (χ4v) is 3.06. The van der Waals surface area contributed by atoms with Crippen molar-refractivity contribution in [2.75, 3.05) is 11.9 Å². The van der Waals surface area contributed by atoms with Gasteiger partial charge in [-0.1, -0.05) is 11.6 Å². The van der Waals surface area contributed by atoms with E-state index >= 15 is 0 Å². The smallest absolute Gasteiger partial charge is 0.303 e. The minimum atomic E-state index is -0.856. The molecule has 1 fully saturated rings. The highest BCUT2D eigenvalue weighted by Crippen LogP contribution is 2.29. The Morgan fingerprint density at radius 3 is 3.00 bits per heavy atom. The number of halogens is 1. The zero-order chi connectivity index (χ0) is 17.1. The van der Waals surface area contributed by atoms with Gasteiger partial charge in [0, 0.05) is 18.0 Å². The first-order chi connectivity index (χ1) is 11.5. The molecule has 0 spiro atoms. The first kappa shape index (κ1) is 16.7. The van der Waals surface area contributed by atoms with Gasteiger partial charge in [0.15, 0.2) is 0 Å². The number of aliphatic carboxylic acids is 1. The Kier molecular flexibility index (Phi) is 4.97. The molecule has 0 aliphatic carbocycles. The van der Waals surface area contributed by atoms with E-state index in [1.54, 1.807) is 24.4 Å². The summed E-state index contributed by atoms with van der Waals surface area (Å²) in [5.41, 5.74) is 1.24. The highest BCUT2D eigenvalue weighted by atomic mass is 35.5. The zero-order valence-electron chi connectivity index (χ0n) is 12.9. The molecule has 0 saturated carbocycles. The predicted octanol–water partition coefficient (Wildman–Crippen LogP) is 3.10. The number of rotatable bonds is 5. The number of carboxylic acid groups (broad SMARTS) is 1. The largest absolute Gasteiger partial charge is 0.481 e. The molecule has 1 aromatic carbocycles. The lowest BCUT2D eigenvalue weighted by Gasteiger charge is -2.12. The first-order valence-corrected chi connectivity index (χ1v) is 8.10. The fourth-order valence-electron chi connectivity index (χ4n) is 2.85. The third-order valence-electron chi connectivity index (χ3n) is 4.11. The van der Waals surface area contributed by atoms with Crippen molar-refractivity contribution in [3.05, 3.63) is 35.5 Å². The maximum Gasteiger partial charge on any atom is 0.303 e. The molecule has 7 heteroatoms. The lowest BCUT2D eigenvalue weighted by Crippen LogP contribution is -2.23. The minimum absolute atomic E-state index is 0.0464. The lowest BCUT2D eigenvalue weighted by atomic mass is 10.0. The molecule has 2 aromatic rings.